The van der Waals surface area contributed by atoms with Gasteiger partial charge in [0.05, 0.1) is 5.38 Å². The van der Waals surface area contributed by atoms with Crippen molar-refractivity contribution in [2.75, 3.05) is 0 Å². The van der Waals surface area contributed by atoms with Crippen molar-refractivity contribution in [1.82, 2.24) is 0 Å². The van der Waals surface area contributed by atoms with Crippen molar-refractivity contribution < 1.29 is 4.74 Å². The maximum atomic E-state index is 6.40. The number of hydrogen-bond donors (Lipinski definition) is 0. The van der Waals surface area contributed by atoms with Gasteiger partial charge in [-0.25, -0.2) is 0 Å². The van der Waals surface area contributed by atoms with E-state index in [-0.39, 0.29) is 6.10 Å². The van der Waals surface area contributed by atoms with E-state index in [2.05, 4.69) is 87.6 Å². The van der Waals surface area contributed by atoms with Crippen molar-refractivity contribution in [3.8, 4) is 0 Å². The standard InChI is InChI=1S/C20H24OSi/c1-15-16(2)21-20(19(15)17-11-7-5-8-12-17)22(3,4)18-13-9-6-10-14-18/h5-16H,1-4H3. The third kappa shape index (κ3) is 2.52. The van der Waals surface area contributed by atoms with Crippen molar-refractivity contribution in [2.24, 2.45) is 5.92 Å². The van der Waals surface area contributed by atoms with Crippen LogP contribution in [0.5, 0.6) is 0 Å². The molecule has 22 heavy (non-hydrogen) atoms. The molecular weight excluding hydrogens is 284 g/mol. The second-order valence-electron chi connectivity index (χ2n) is 6.71. The lowest BCUT2D eigenvalue weighted by Gasteiger charge is -2.26. The zero-order valence-electron chi connectivity index (χ0n) is 13.8. The smallest absolute Gasteiger partial charge is 0.156 e. The average molecular weight is 308 g/mol. The van der Waals surface area contributed by atoms with Crippen LogP contribution in [0.15, 0.2) is 66.0 Å². The van der Waals surface area contributed by atoms with Crippen LogP contribution in [0.1, 0.15) is 19.4 Å². The summed E-state index contributed by atoms with van der Waals surface area (Å²) in [6.07, 6.45) is 0.251. The molecule has 1 aliphatic rings. The summed E-state index contributed by atoms with van der Waals surface area (Å²) in [6, 6.07) is 21.6. The molecule has 0 aromatic heterocycles. The van der Waals surface area contributed by atoms with E-state index in [9.17, 15) is 0 Å². The highest BCUT2D eigenvalue weighted by Crippen LogP contribution is 2.41. The van der Waals surface area contributed by atoms with Crippen molar-refractivity contribution in [3.05, 3.63) is 71.6 Å². The molecule has 3 rings (SSSR count). The summed E-state index contributed by atoms with van der Waals surface area (Å²) < 4.78 is 6.40. The molecule has 0 saturated heterocycles. The minimum Gasteiger partial charge on any atom is -0.499 e. The summed E-state index contributed by atoms with van der Waals surface area (Å²) >= 11 is 0. The highest BCUT2D eigenvalue weighted by atomic mass is 28.3. The van der Waals surface area contributed by atoms with E-state index in [0.717, 1.165) is 0 Å². The molecule has 2 heteroatoms. The van der Waals surface area contributed by atoms with Crippen LogP contribution in [-0.4, -0.2) is 14.2 Å². The molecular formula is C20H24OSi. The van der Waals surface area contributed by atoms with Crippen LogP contribution in [-0.2, 0) is 4.74 Å². The van der Waals surface area contributed by atoms with Crippen LogP contribution in [0.25, 0.3) is 5.57 Å². The minimum atomic E-state index is -1.82. The first-order chi connectivity index (χ1) is 10.5. The number of hydrogen-bond acceptors (Lipinski definition) is 1. The zero-order chi connectivity index (χ0) is 15.7. The van der Waals surface area contributed by atoms with E-state index in [1.54, 1.807) is 0 Å². The van der Waals surface area contributed by atoms with Crippen molar-refractivity contribution >= 4 is 18.8 Å². The quantitative estimate of drug-likeness (QED) is 0.753. The lowest BCUT2D eigenvalue weighted by atomic mass is 9.93. The van der Waals surface area contributed by atoms with Gasteiger partial charge in [-0.05, 0) is 18.1 Å². The first kappa shape index (κ1) is 15.1. The van der Waals surface area contributed by atoms with Crippen LogP contribution in [0.4, 0.5) is 0 Å². The van der Waals surface area contributed by atoms with Crippen LogP contribution < -0.4 is 5.19 Å². The van der Waals surface area contributed by atoms with Gasteiger partial charge in [0.1, 0.15) is 6.10 Å². The van der Waals surface area contributed by atoms with Gasteiger partial charge >= 0.3 is 0 Å². The molecule has 0 amide bonds. The first-order valence-electron chi connectivity index (χ1n) is 8.04. The molecule has 0 saturated carbocycles. The lowest BCUT2D eigenvalue weighted by molar-refractivity contribution is 0.148. The SMILES string of the molecule is CC1OC([Si](C)(C)c2ccccc2)=C(c2ccccc2)C1C. The fourth-order valence-electron chi connectivity index (χ4n) is 3.27. The van der Waals surface area contributed by atoms with Crippen molar-refractivity contribution in [2.45, 2.75) is 33.0 Å². The second-order valence-corrected chi connectivity index (χ2v) is 11.0. The summed E-state index contributed by atoms with van der Waals surface area (Å²) in [4.78, 5) is 0. The molecule has 2 aromatic carbocycles. The molecule has 2 atom stereocenters. The third-order valence-electron chi connectivity index (χ3n) is 4.86. The van der Waals surface area contributed by atoms with Gasteiger partial charge in [-0.3, -0.25) is 0 Å². The summed E-state index contributed by atoms with van der Waals surface area (Å²) in [6.45, 7) is 9.27. The maximum absolute atomic E-state index is 6.40. The number of ether oxygens (including phenoxy) is 1. The summed E-state index contributed by atoms with van der Waals surface area (Å²) in [5.41, 5.74) is 2.72. The highest BCUT2D eigenvalue weighted by molar-refractivity contribution is 6.96. The molecule has 0 fully saturated rings. The largest absolute Gasteiger partial charge is 0.499 e. The Balaban J connectivity index is 2.15. The molecule has 2 unspecified atom stereocenters. The second kappa shape index (κ2) is 5.77. The topological polar surface area (TPSA) is 9.23 Å². The Kier molecular flexibility index (Phi) is 3.96. The summed E-state index contributed by atoms with van der Waals surface area (Å²) in [5, 5.41) is 2.68. The molecule has 0 aliphatic carbocycles. The highest BCUT2D eigenvalue weighted by Gasteiger charge is 2.41. The lowest BCUT2D eigenvalue weighted by Crippen LogP contribution is -2.44. The maximum Gasteiger partial charge on any atom is 0.156 e. The van der Waals surface area contributed by atoms with Gasteiger partial charge in [-0.2, -0.15) is 0 Å². The van der Waals surface area contributed by atoms with Crippen molar-refractivity contribution in [3.63, 3.8) is 0 Å². The Morgan fingerprint density at radius 3 is 1.95 bits per heavy atom. The van der Waals surface area contributed by atoms with Gasteiger partial charge < -0.3 is 4.74 Å². The number of rotatable bonds is 3. The van der Waals surface area contributed by atoms with Gasteiger partial charge in [0, 0.05) is 5.92 Å². The van der Waals surface area contributed by atoms with Gasteiger partial charge in [0.2, 0.25) is 0 Å². The Morgan fingerprint density at radius 1 is 0.818 bits per heavy atom. The molecule has 1 aliphatic heterocycles. The Labute approximate surface area is 134 Å². The van der Waals surface area contributed by atoms with Gasteiger partial charge in [-0.15, -0.1) is 0 Å². The predicted molar refractivity (Wildman–Crippen MR) is 96.6 cm³/mol. The fraction of sp³-hybridized carbons (Fsp3) is 0.300. The molecule has 0 radical (unpaired) electrons. The van der Waals surface area contributed by atoms with E-state index in [1.165, 1.54) is 21.7 Å². The zero-order valence-corrected chi connectivity index (χ0v) is 14.8. The predicted octanol–water partition coefficient (Wildman–Crippen LogP) is 4.61. The summed E-state index contributed by atoms with van der Waals surface area (Å²) in [7, 11) is -1.82. The van der Waals surface area contributed by atoms with Crippen LogP contribution in [0, 0.1) is 5.92 Å². The molecule has 2 aromatic rings. The van der Waals surface area contributed by atoms with Gasteiger partial charge in [0.15, 0.2) is 8.07 Å². The Bertz CT molecular complexity index is 673. The molecule has 114 valence electrons. The molecule has 1 heterocycles. The van der Waals surface area contributed by atoms with Crippen LogP contribution in [0.3, 0.4) is 0 Å². The van der Waals surface area contributed by atoms with Crippen LogP contribution in [0.2, 0.25) is 13.1 Å². The van der Waals surface area contributed by atoms with Crippen molar-refractivity contribution in [1.29, 1.82) is 0 Å². The van der Waals surface area contributed by atoms with Gasteiger partial charge in [0.25, 0.3) is 0 Å². The number of benzene rings is 2. The van der Waals surface area contributed by atoms with E-state index in [1.807, 2.05) is 0 Å². The van der Waals surface area contributed by atoms with Gasteiger partial charge in [-0.1, -0.05) is 85.9 Å². The average Bonchev–Trinajstić information content (AvgIpc) is 2.85. The Hall–Kier alpha value is -1.80. The Morgan fingerprint density at radius 2 is 1.36 bits per heavy atom. The van der Waals surface area contributed by atoms with E-state index in [4.69, 9.17) is 4.74 Å². The van der Waals surface area contributed by atoms with Crippen LogP contribution >= 0.6 is 0 Å². The normalized spacial score (nSPS) is 21.8. The molecule has 0 N–H and O–H groups in total. The monoisotopic (exact) mass is 308 g/mol. The first-order valence-corrected chi connectivity index (χ1v) is 11.0. The summed E-state index contributed by atoms with van der Waals surface area (Å²) in [5.74, 6) is 0.438. The fourth-order valence-corrected chi connectivity index (χ4v) is 6.09. The molecule has 1 nitrogen and oxygen atoms in total. The third-order valence-corrected chi connectivity index (χ3v) is 8.15. The minimum absolute atomic E-state index is 0.251. The van der Waals surface area contributed by atoms with E-state index >= 15 is 0 Å². The van der Waals surface area contributed by atoms with E-state index < -0.39 is 8.07 Å². The molecule has 0 spiro atoms. The van der Waals surface area contributed by atoms with E-state index in [0.29, 0.717) is 5.92 Å². The molecule has 0 bridgehead atoms.